The largest absolute Gasteiger partial charge is 0.244 e. The first kappa shape index (κ1) is 5.74. The van der Waals surface area contributed by atoms with Gasteiger partial charge in [0, 0.05) is 11.1 Å². The van der Waals surface area contributed by atoms with Crippen molar-refractivity contribution in [2.45, 2.75) is 0 Å². The molecule has 1 aromatic carbocycles. The normalized spacial score (nSPS) is 10.5. The average Bonchev–Trinajstić information content (AvgIpc) is 2.33. The van der Waals surface area contributed by atoms with E-state index in [1.54, 1.807) is 6.33 Å². The van der Waals surface area contributed by atoms with Gasteiger partial charge in [0.1, 0.15) is 0 Å². The van der Waals surface area contributed by atoms with Crippen LogP contribution in [0, 0.1) is 0 Å². The summed E-state index contributed by atoms with van der Waals surface area (Å²) >= 11 is 5.74. The monoisotopic (exact) mass is 153 g/mol. The van der Waals surface area contributed by atoms with Crippen molar-refractivity contribution < 1.29 is 4.98 Å². The van der Waals surface area contributed by atoms with Crippen LogP contribution < -0.4 is 4.98 Å². The van der Waals surface area contributed by atoms with Gasteiger partial charge in [-0.25, -0.2) is 9.97 Å². The molecule has 0 bridgehead atoms. The van der Waals surface area contributed by atoms with Gasteiger partial charge in [-0.05, 0) is 12.1 Å². The number of imidazole rings is 1. The molecule has 0 saturated carbocycles. The fourth-order valence-electron chi connectivity index (χ4n) is 0.953. The van der Waals surface area contributed by atoms with Crippen molar-refractivity contribution >= 4 is 22.6 Å². The molecule has 2 rings (SSSR count). The molecule has 2 N–H and O–H groups in total. The topological polar surface area (TPSA) is 29.9 Å². The summed E-state index contributed by atoms with van der Waals surface area (Å²) in [5.74, 6) is 0. The first-order valence-electron chi connectivity index (χ1n) is 3.00. The third-order valence-corrected chi connectivity index (χ3v) is 1.67. The minimum Gasteiger partial charge on any atom is -0.244 e. The highest BCUT2D eigenvalue weighted by Crippen LogP contribution is 2.12. The Morgan fingerprint density at radius 3 is 3.20 bits per heavy atom. The van der Waals surface area contributed by atoms with Crippen LogP contribution >= 0.6 is 11.6 Å². The lowest BCUT2D eigenvalue weighted by molar-refractivity contribution is -0.344. The number of aromatic nitrogens is 2. The Morgan fingerprint density at radius 1 is 1.40 bits per heavy atom. The van der Waals surface area contributed by atoms with Crippen molar-refractivity contribution in [1.82, 2.24) is 4.98 Å². The van der Waals surface area contributed by atoms with Crippen LogP contribution in [0.3, 0.4) is 0 Å². The Morgan fingerprint density at radius 2 is 2.30 bits per heavy atom. The van der Waals surface area contributed by atoms with Gasteiger partial charge in [0.25, 0.3) is 0 Å². The predicted octanol–water partition coefficient (Wildman–Crippen LogP) is 1.64. The number of hydrogen-bond acceptors (Lipinski definition) is 0. The molecule has 0 radical (unpaired) electrons. The summed E-state index contributed by atoms with van der Waals surface area (Å²) in [6.07, 6.45) is 1.78. The number of halogens is 1. The molecule has 1 heterocycles. The van der Waals surface area contributed by atoms with Crippen molar-refractivity contribution in [2.75, 3.05) is 0 Å². The second kappa shape index (κ2) is 1.99. The van der Waals surface area contributed by atoms with E-state index in [0.29, 0.717) is 0 Å². The molecule has 3 heteroatoms. The smallest absolute Gasteiger partial charge is 0.240 e. The van der Waals surface area contributed by atoms with Gasteiger partial charge >= 0.3 is 0 Å². The molecule has 0 aliphatic heterocycles. The van der Waals surface area contributed by atoms with Crippen molar-refractivity contribution in [1.29, 1.82) is 0 Å². The zero-order chi connectivity index (χ0) is 6.97. The van der Waals surface area contributed by atoms with Crippen LogP contribution in [0.2, 0.25) is 5.02 Å². The molecule has 10 heavy (non-hydrogen) atoms. The summed E-state index contributed by atoms with van der Waals surface area (Å²) in [6, 6.07) is 5.68. The second-order valence-corrected chi connectivity index (χ2v) is 2.56. The first-order valence-corrected chi connectivity index (χ1v) is 3.38. The quantitative estimate of drug-likeness (QED) is 0.597. The Balaban J connectivity index is 2.86. The Labute approximate surface area is 62.8 Å². The highest BCUT2D eigenvalue weighted by molar-refractivity contribution is 6.31. The number of aromatic amines is 2. The highest BCUT2D eigenvalue weighted by Gasteiger charge is 1.99. The maximum atomic E-state index is 5.74. The predicted molar refractivity (Wildman–Crippen MR) is 39.9 cm³/mol. The molecule has 0 fully saturated rings. The van der Waals surface area contributed by atoms with Crippen LogP contribution in [0.4, 0.5) is 0 Å². The number of benzene rings is 1. The molecule has 50 valence electrons. The van der Waals surface area contributed by atoms with Crippen LogP contribution in [-0.4, -0.2) is 4.98 Å². The zero-order valence-corrected chi connectivity index (χ0v) is 5.94. The molecule has 1 aromatic heterocycles. The standard InChI is InChI=1S/C7H5ClN2/c8-5-1-2-6-7(3-5)10-4-9-6/h1-4H,(H,9,10)/p+1. The van der Waals surface area contributed by atoms with E-state index in [0.717, 1.165) is 16.1 Å². The minimum absolute atomic E-state index is 0.753. The molecular formula is C7H6ClN2+. The van der Waals surface area contributed by atoms with E-state index in [-0.39, 0.29) is 0 Å². The molecule has 0 unspecified atom stereocenters. The van der Waals surface area contributed by atoms with Crippen LogP contribution in [-0.2, 0) is 0 Å². The third-order valence-electron chi connectivity index (χ3n) is 1.44. The lowest BCUT2D eigenvalue weighted by Crippen LogP contribution is -1.92. The van der Waals surface area contributed by atoms with Crippen molar-refractivity contribution in [3.8, 4) is 0 Å². The summed E-state index contributed by atoms with van der Waals surface area (Å²) in [4.78, 5) is 6.05. The van der Waals surface area contributed by atoms with Crippen LogP contribution in [0.5, 0.6) is 0 Å². The van der Waals surface area contributed by atoms with Gasteiger partial charge in [0.15, 0.2) is 11.0 Å². The minimum atomic E-state index is 0.753. The number of hydrogen-bond donors (Lipinski definition) is 1. The molecule has 0 aliphatic rings. The lowest BCUT2D eigenvalue weighted by atomic mass is 10.3. The molecule has 0 spiro atoms. The lowest BCUT2D eigenvalue weighted by Gasteiger charge is -1.83. The molecule has 0 amide bonds. The summed E-state index contributed by atoms with van der Waals surface area (Å²) in [7, 11) is 0. The van der Waals surface area contributed by atoms with Crippen molar-refractivity contribution in [3.63, 3.8) is 0 Å². The highest BCUT2D eigenvalue weighted by atomic mass is 35.5. The zero-order valence-electron chi connectivity index (χ0n) is 5.19. The van der Waals surface area contributed by atoms with Gasteiger partial charge in [0.05, 0.1) is 0 Å². The average molecular weight is 154 g/mol. The van der Waals surface area contributed by atoms with Crippen molar-refractivity contribution in [3.05, 3.63) is 29.5 Å². The molecule has 0 saturated heterocycles. The fourth-order valence-corrected chi connectivity index (χ4v) is 1.13. The van der Waals surface area contributed by atoms with E-state index < -0.39 is 0 Å². The van der Waals surface area contributed by atoms with Gasteiger partial charge in [-0.2, -0.15) is 0 Å². The van der Waals surface area contributed by atoms with Gasteiger partial charge < -0.3 is 0 Å². The maximum absolute atomic E-state index is 5.74. The van der Waals surface area contributed by atoms with Gasteiger partial charge in [-0.15, -0.1) is 0 Å². The van der Waals surface area contributed by atoms with Crippen LogP contribution in [0.25, 0.3) is 11.0 Å². The second-order valence-electron chi connectivity index (χ2n) is 2.12. The summed E-state index contributed by atoms with van der Waals surface area (Å²) in [5.41, 5.74) is 2.11. The summed E-state index contributed by atoms with van der Waals surface area (Å²) in [5, 5.41) is 0.753. The van der Waals surface area contributed by atoms with E-state index in [9.17, 15) is 0 Å². The van der Waals surface area contributed by atoms with E-state index >= 15 is 0 Å². The SMILES string of the molecule is Clc1ccc2[nH+]c[nH]c2c1. The Kier molecular flexibility index (Phi) is 1.14. The maximum Gasteiger partial charge on any atom is 0.240 e. The van der Waals surface area contributed by atoms with E-state index in [4.69, 9.17) is 11.6 Å². The van der Waals surface area contributed by atoms with E-state index in [1.807, 2.05) is 18.2 Å². The molecular weight excluding hydrogens is 148 g/mol. The van der Waals surface area contributed by atoms with Gasteiger partial charge in [-0.3, -0.25) is 0 Å². The Hall–Kier alpha value is -1.02. The van der Waals surface area contributed by atoms with Gasteiger partial charge in [-0.1, -0.05) is 11.6 Å². The number of H-pyrrole nitrogens is 2. The van der Waals surface area contributed by atoms with Crippen LogP contribution in [0.1, 0.15) is 0 Å². The third kappa shape index (κ3) is 0.772. The van der Waals surface area contributed by atoms with Crippen molar-refractivity contribution in [2.24, 2.45) is 0 Å². The van der Waals surface area contributed by atoms with E-state index in [2.05, 4.69) is 9.97 Å². The Bertz CT molecular complexity index is 353. The fraction of sp³-hybridized carbons (Fsp3) is 0. The van der Waals surface area contributed by atoms with E-state index in [1.165, 1.54) is 0 Å². The first-order chi connectivity index (χ1) is 4.86. The summed E-state index contributed by atoms with van der Waals surface area (Å²) in [6.45, 7) is 0. The summed E-state index contributed by atoms with van der Waals surface area (Å²) < 4.78 is 0. The number of nitrogens with one attached hydrogen (secondary N) is 2. The number of rotatable bonds is 0. The van der Waals surface area contributed by atoms with Crippen LogP contribution in [0.15, 0.2) is 24.5 Å². The number of fused-ring (bicyclic) bond motifs is 1. The molecule has 2 aromatic rings. The molecule has 0 atom stereocenters. The molecule has 0 aliphatic carbocycles. The van der Waals surface area contributed by atoms with Gasteiger partial charge in [0.2, 0.25) is 6.33 Å². The molecule has 2 nitrogen and oxygen atoms in total.